The van der Waals surface area contributed by atoms with E-state index in [2.05, 4.69) is 4.74 Å². The molecule has 0 aliphatic rings. The van der Waals surface area contributed by atoms with Crippen molar-refractivity contribution in [2.45, 2.75) is 40.5 Å². The summed E-state index contributed by atoms with van der Waals surface area (Å²) in [6.45, 7) is 7.10. The van der Waals surface area contributed by atoms with Crippen LogP contribution >= 0.6 is 0 Å². The van der Waals surface area contributed by atoms with Crippen LogP contribution in [0.4, 0.5) is 0 Å². The van der Waals surface area contributed by atoms with Crippen molar-refractivity contribution in [1.82, 2.24) is 4.90 Å². The molecular weight excluding hydrogens is 274 g/mol. The summed E-state index contributed by atoms with van der Waals surface area (Å²) >= 11 is 0. The van der Waals surface area contributed by atoms with Gasteiger partial charge in [-0.05, 0) is 19.8 Å². The Morgan fingerprint density at radius 1 is 1.10 bits per heavy atom. The maximum atomic E-state index is 12.4. The van der Waals surface area contributed by atoms with Crippen LogP contribution in [0.1, 0.15) is 40.5 Å². The molecule has 0 saturated carbocycles. The molecule has 0 saturated heterocycles. The highest BCUT2D eigenvalue weighted by Gasteiger charge is 2.23. The summed E-state index contributed by atoms with van der Waals surface area (Å²) in [5.41, 5.74) is 0.122. The minimum atomic E-state index is -1.14. The van der Waals surface area contributed by atoms with Crippen LogP contribution in [0, 0.1) is 5.92 Å². The Morgan fingerprint density at radius 3 is 2.00 bits per heavy atom. The molecule has 6 heteroatoms. The number of carboxylic acid groups (broad SMARTS) is 1. The number of nitrogens with zero attached hydrogens (tertiary/aromatic N) is 1. The van der Waals surface area contributed by atoms with Crippen LogP contribution in [0.2, 0.25) is 0 Å². The van der Waals surface area contributed by atoms with Gasteiger partial charge in [-0.15, -0.1) is 0 Å². The van der Waals surface area contributed by atoms with E-state index in [0.717, 1.165) is 12.8 Å². The van der Waals surface area contributed by atoms with Gasteiger partial charge in [0.1, 0.15) is 6.54 Å². The molecule has 1 amide bonds. The SMILES string of the molecule is CCC(CC)CN(CC(=O)OC)C(=O)C(C)=C(C)C(=O)O. The zero-order valence-electron chi connectivity index (χ0n) is 13.4. The molecular formula is C15H25NO5. The Labute approximate surface area is 125 Å². The fourth-order valence-corrected chi connectivity index (χ4v) is 1.86. The molecule has 0 radical (unpaired) electrons. The van der Waals surface area contributed by atoms with E-state index in [1.54, 1.807) is 0 Å². The predicted octanol–water partition coefficient (Wildman–Crippen LogP) is 1.85. The lowest BCUT2D eigenvalue weighted by atomic mass is 10.0. The van der Waals surface area contributed by atoms with Gasteiger partial charge in [0.2, 0.25) is 0 Å². The van der Waals surface area contributed by atoms with Gasteiger partial charge in [-0.25, -0.2) is 4.79 Å². The Balaban J connectivity index is 5.28. The van der Waals surface area contributed by atoms with Crippen LogP contribution in [0.15, 0.2) is 11.1 Å². The van der Waals surface area contributed by atoms with Crippen molar-refractivity contribution in [1.29, 1.82) is 0 Å². The standard InChI is InChI=1S/C15H25NO5/c1-6-12(7-2)8-16(9-13(17)21-5)14(18)10(3)11(4)15(19)20/h12H,6-9H2,1-5H3,(H,19,20). The zero-order valence-corrected chi connectivity index (χ0v) is 13.4. The first kappa shape index (κ1) is 19.1. The monoisotopic (exact) mass is 299 g/mol. The third-order valence-electron chi connectivity index (χ3n) is 3.67. The number of amides is 1. The lowest BCUT2D eigenvalue weighted by Crippen LogP contribution is -2.40. The van der Waals surface area contributed by atoms with Crippen molar-refractivity contribution in [2.24, 2.45) is 5.92 Å². The first-order valence-corrected chi connectivity index (χ1v) is 7.05. The molecule has 120 valence electrons. The molecule has 0 heterocycles. The molecule has 0 aromatic rings. The van der Waals surface area contributed by atoms with Crippen LogP contribution in [0.25, 0.3) is 0 Å². The first-order chi connectivity index (χ1) is 9.78. The van der Waals surface area contributed by atoms with Crippen LogP contribution < -0.4 is 0 Å². The molecule has 6 nitrogen and oxygen atoms in total. The molecule has 0 rings (SSSR count). The highest BCUT2D eigenvalue weighted by atomic mass is 16.5. The van der Waals surface area contributed by atoms with E-state index in [9.17, 15) is 14.4 Å². The summed E-state index contributed by atoms with van der Waals surface area (Å²) in [6.07, 6.45) is 1.75. The van der Waals surface area contributed by atoms with Crippen molar-refractivity contribution in [3.63, 3.8) is 0 Å². The van der Waals surface area contributed by atoms with Gasteiger partial charge in [-0.3, -0.25) is 9.59 Å². The maximum absolute atomic E-state index is 12.4. The number of rotatable bonds is 8. The number of methoxy groups -OCH3 is 1. The average Bonchev–Trinajstić information content (AvgIpc) is 2.48. The highest BCUT2D eigenvalue weighted by molar-refractivity contribution is 6.02. The Hall–Kier alpha value is -1.85. The quantitative estimate of drug-likeness (QED) is 0.546. The minimum absolute atomic E-state index is 0.0144. The molecule has 21 heavy (non-hydrogen) atoms. The summed E-state index contributed by atoms with van der Waals surface area (Å²) in [6, 6.07) is 0. The summed E-state index contributed by atoms with van der Waals surface area (Å²) < 4.78 is 4.60. The van der Waals surface area contributed by atoms with Crippen molar-refractivity contribution in [3.8, 4) is 0 Å². The number of carbonyl (C=O) groups excluding carboxylic acids is 2. The van der Waals surface area contributed by atoms with E-state index < -0.39 is 17.8 Å². The molecule has 0 aromatic carbocycles. The molecule has 0 bridgehead atoms. The smallest absolute Gasteiger partial charge is 0.331 e. The molecule has 0 aromatic heterocycles. The Bertz CT molecular complexity index is 424. The van der Waals surface area contributed by atoms with E-state index in [-0.39, 0.29) is 23.6 Å². The third kappa shape index (κ3) is 5.97. The third-order valence-corrected chi connectivity index (χ3v) is 3.67. The molecule has 1 N–H and O–H groups in total. The second-order valence-electron chi connectivity index (χ2n) is 5.00. The van der Waals surface area contributed by atoms with Crippen LogP contribution in [0.3, 0.4) is 0 Å². The second-order valence-corrected chi connectivity index (χ2v) is 5.00. The van der Waals surface area contributed by atoms with Crippen molar-refractivity contribution >= 4 is 17.8 Å². The molecule has 0 fully saturated rings. The number of carboxylic acids is 1. The summed E-state index contributed by atoms with van der Waals surface area (Å²) in [5, 5.41) is 8.97. The van der Waals surface area contributed by atoms with Gasteiger partial charge >= 0.3 is 11.9 Å². The molecule has 0 atom stereocenters. The van der Waals surface area contributed by atoms with E-state index in [1.165, 1.54) is 25.9 Å². The Morgan fingerprint density at radius 2 is 1.62 bits per heavy atom. The minimum Gasteiger partial charge on any atom is -0.478 e. The predicted molar refractivity (Wildman–Crippen MR) is 78.7 cm³/mol. The number of ether oxygens (including phenoxy) is 1. The molecule has 0 aliphatic carbocycles. The number of hydrogen-bond donors (Lipinski definition) is 1. The van der Waals surface area contributed by atoms with E-state index in [0.29, 0.717) is 6.54 Å². The fraction of sp³-hybridized carbons (Fsp3) is 0.667. The lowest BCUT2D eigenvalue weighted by Gasteiger charge is -2.26. The Kier molecular flexibility index (Phi) is 8.35. The van der Waals surface area contributed by atoms with E-state index >= 15 is 0 Å². The topological polar surface area (TPSA) is 83.9 Å². The number of aliphatic carboxylic acids is 1. The molecule has 0 aliphatic heterocycles. The normalized spacial score (nSPS) is 11.9. The van der Waals surface area contributed by atoms with Gasteiger partial charge < -0.3 is 14.7 Å². The van der Waals surface area contributed by atoms with Crippen molar-refractivity contribution < 1.29 is 24.2 Å². The van der Waals surface area contributed by atoms with Crippen molar-refractivity contribution in [3.05, 3.63) is 11.1 Å². The highest BCUT2D eigenvalue weighted by Crippen LogP contribution is 2.14. The van der Waals surface area contributed by atoms with Crippen LogP contribution in [-0.4, -0.2) is 48.1 Å². The van der Waals surface area contributed by atoms with E-state index in [1.807, 2.05) is 13.8 Å². The molecule has 0 spiro atoms. The average molecular weight is 299 g/mol. The van der Waals surface area contributed by atoms with Gasteiger partial charge in [0.25, 0.3) is 5.91 Å². The summed E-state index contributed by atoms with van der Waals surface area (Å²) in [4.78, 5) is 36.2. The van der Waals surface area contributed by atoms with Crippen LogP contribution in [-0.2, 0) is 19.1 Å². The first-order valence-electron chi connectivity index (χ1n) is 7.05. The van der Waals surface area contributed by atoms with Gasteiger partial charge in [-0.2, -0.15) is 0 Å². The van der Waals surface area contributed by atoms with Crippen molar-refractivity contribution in [2.75, 3.05) is 20.2 Å². The second kappa shape index (κ2) is 9.15. The maximum Gasteiger partial charge on any atom is 0.331 e. The number of hydrogen-bond acceptors (Lipinski definition) is 4. The van der Waals surface area contributed by atoms with Gasteiger partial charge in [-0.1, -0.05) is 26.7 Å². The lowest BCUT2D eigenvalue weighted by molar-refractivity contribution is -0.146. The zero-order chi connectivity index (χ0) is 16.6. The van der Waals surface area contributed by atoms with Crippen LogP contribution in [0.5, 0.6) is 0 Å². The van der Waals surface area contributed by atoms with Gasteiger partial charge in [0.05, 0.1) is 7.11 Å². The molecule has 0 unspecified atom stereocenters. The van der Waals surface area contributed by atoms with E-state index in [4.69, 9.17) is 5.11 Å². The fourth-order valence-electron chi connectivity index (χ4n) is 1.86. The summed E-state index contributed by atoms with van der Waals surface area (Å²) in [7, 11) is 1.26. The van der Waals surface area contributed by atoms with Gasteiger partial charge in [0, 0.05) is 17.7 Å². The summed E-state index contributed by atoms with van der Waals surface area (Å²) in [5.74, 6) is -1.83. The number of esters is 1. The largest absolute Gasteiger partial charge is 0.478 e. The number of carbonyl (C=O) groups is 3. The van der Waals surface area contributed by atoms with Gasteiger partial charge in [0.15, 0.2) is 0 Å².